The molecule has 0 aliphatic rings. The van der Waals surface area contributed by atoms with Gasteiger partial charge in [0.05, 0.1) is 36.9 Å². The summed E-state index contributed by atoms with van der Waals surface area (Å²) in [6.07, 6.45) is 2.02. The number of methoxy groups -OCH3 is 2. The molecule has 0 radical (unpaired) electrons. The van der Waals surface area contributed by atoms with E-state index in [9.17, 15) is 0 Å². The van der Waals surface area contributed by atoms with Gasteiger partial charge in [0.2, 0.25) is 11.8 Å². The van der Waals surface area contributed by atoms with Gasteiger partial charge in [-0.25, -0.2) is 0 Å². The molecule has 0 spiro atoms. The lowest BCUT2D eigenvalue weighted by Crippen LogP contribution is -2.12. The third-order valence-electron chi connectivity index (χ3n) is 3.22. The number of ether oxygens (including phenoxy) is 2. The van der Waals surface area contributed by atoms with Crippen molar-refractivity contribution in [2.24, 2.45) is 0 Å². The van der Waals surface area contributed by atoms with E-state index in [1.165, 1.54) is 0 Å². The second kappa shape index (κ2) is 7.56. The number of thioether (sulfide) groups is 1. The fourth-order valence-corrected chi connectivity index (χ4v) is 2.96. The lowest BCUT2D eigenvalue weighted by molar-refractivity contribution is 0.367. The minimum Gasteiger partial charge on any atom is -0.481 e. The van der Waals surface area contributed by atoms with Gasteiger partial charge in [0.25, 0.3) is 0 Å². The van der Waals surface area contributed by atoms with E-state index < -0.39 is 0 Å². The summed E-state index contributed by atoms with van der Waals surface area (Å²) in [5.41, 5.74) is 7.58. The van der Waals surface area contributed by atoms with Gasteiger partial charge in [-0.1, -0.05) is 23.7 Å². The van der Waals surface area contributed by atoms with E-state index in [1.54, 1.807) is 38.1 Å². The van der Waals surface area contributed by atoms with Crippen LogP contribution in [0.1, 0.15) is 17.3 Å². The molecule has 22 heavy (non-hydrogen) atoms. The van der Waals surface area contributed by atoms with E-state index in [-0.39, 0.29) is 5.92 Å². The van der Waals surface area contributed by atoms with Crippen molar-refractivity contribution in [2.45, 2.75) is 5.92 Å². The number of nitrogen functional groups attached to an aromatic ring is 1. The van der Waals surface area contributed by atoms with Gasteiger partial charge in [0.15, 0.2) is 0 Å². The fraction of sp³-hybridized carbons (Fsp3) is 0.333. The molecule has 7 heteroatoms. The molecule has 1 aromatic heterocycles. The van der Waals surface area contributed by atoms with Crippen molar-refractivity contribution in [3.63, 3.8) is 0 Å². The summed E-state index contributed by atoms with van der Waals surface area (Å²) in [6, 6.07) is 7.22. The van der Waals surface area contributed by atoms with Crippen LogP contribution in [-0.2, 0) is 0 Å². The zero-order chi connectivity index (χ0) is 16.1. The highest BCUT2D eigenvalue weighted by atomic mass is 35.5. The Hall–Kier alpha value is -1.66. The van der Waals surface area contributed by atoms with Crippen LogP contribution in [-0.4, -0.2) is 36.2 Å². The molecule has 0 saturated carbocycles. The van der Waals surface area contributed by atoms with Gasteiger partial charge in [0, 0.05) is 5.75 Å². The molecule has 0 bridgehead atoms. The summed E-state index contributed by atoms with van der Waals surface area (Å²) in [5.74, 6) is 2.17. The molecule has 5 nitrogen and oxygen atoms in total. The minimum atomic E-state index is -0.0994. The van der Waals surface area contributed by atoms with Crippen molar-refractivity contribution in [3.8, 4) is 11.8 Å². The molecule has 2 N–H and O–H groups in total. The number of nitrogens with zero attached hydrogens (tertiary/aromatic N) is 2. The highest BCUT2D eigenvalue weighted by Gasteiger charge is 2.22. The van der Waals surface area contributed by atoms with Crippen molar-refractivity contribution < 1.29 is 9.47 Å². The highest BCUT2D eigenvalue weighted by molar-refractivity contribution is 7.98. The second-order valence-electron chi connectivity index (χ2n) is 4.56. The van der Waals surface area contributed by atoms with E-state index in [0.29, 0.717) is 28.3 Å². The van der Waals surface area contributed by atoms with Crippen LogP contribution in [0.5, 0.6) is 11.8 Å². The van der Waals surface area contributed by atoms with E-state index in [0.717, 1.165) is 11.3 Å². The Morgan fingerprint density at radius 3 is 2.41 bits per heavy atom. The van der Waals surface area contributed by atoms with Gasteiger partial charge in [-0.2, -0.15) is 21.7 Å². The van der Waals surface area contributed by atoms with Crippen LogP contribution in [0.25, 0.3) is 0 Å². The largest absolute Gasteiger partial charge is 0.481 e. The van der Waals surface area contributed by atoms with E-state index >= 15 is 0 Å². The Bertz CT molecular complexity index is 632. The van der Waals surface area contributed by atoms with Crippen LogP contribution >= 0.6 is 23.4 Å². The molecule has 1 unspecified atom stereocenters. The maximum atomic E-state index is 6.14. The zero-order valence-corrected chi connectivity index (χ0v) is 14.2. The second-order valence-corrected chi connectivity index (χ2v) is 5.88. The average Bonchev–Trinajstić information content (AvgIpc) is 2.55. The smallest absolute Gasteiger partial charge is 0.220 e. The van der Waals surface area contributed by atoms with Gasteiger partial charge in [-0.15, -0.1) is 0 Å². The summed E-state index contributed by atoms with van der Waals surface area (Å²) in [7, 11) is 3.12. The molecule has 1 aromatic carbocycles. The molecule has 0 aliphatic heterocycles. The van der Waals surface area contributed by atoms with Crippen molar-refractivity contribution >= 4 is 29.1 Å². The van der Waals surface area contributed by atoms with Gasteiger partial charge in [-0.3, -0.25) is 0 Å². The monoisotopic (exact) mass is 339 g/mol. The Morgan fingerprint density at radius 1 is 1.23 bits per heavy atom. The molecule has 1 atom stereocenters. The fourth-order valence-electron chi connectivity index (χ4n) is 2.11. The molecule has 2 aromatic rings. The summed E-state index contributed by atoms with van der Waals surface area (Å²) >= 11 is 7.82. The Labute approximate surface area is 139 Å². The van der Waals surface area contributed by atoms with E-state index in [2.05, 4.69) is 9.97 Å². The number of nitrogens with two attached hydrogens (primary N) is 1. The number of rotatable bonds is 6. The number of aromatic nitrogens is 2. The molecule has 2 rings (SSSR count). The summed E-state index contributed by atoms with van der Waals surface area (Å²) in [4.78, 5) is 8.88. The van der Waals surface area contributed by atoms with Crippen LogP contribution in [0.3, 0.4) is 0 Å². The predicted octanol–water partition coefficient (Wildman–Crippen LogP) is 3.22. The van der Waals surface area contributed by atoms with E-state index in [1.807, 2.05) is 18.4 Å². The maximum Gasteiger partial charge on any atom is 0.220 e. The van der Waals surface area contributed by atoms with Crippen LogP contribution < -0.4 is 15.2 Å². The van der Waals surface area contributed by atoms with Gasteiger partial charge < -0.3 is 15.2 Å². The Balaban J connectivity index is 2.54. The minimum absolute atomic E-state index is 0.0994. The van der Waals surface area contributed by atoms with Crippen LogP contribution in [0, 0.1) is 0 Å². The Morgan fingerprint density at radius 2 is 1.86 bits per heavy atom. The molecule has 118 valence electrons. The number of benzene rings is 1. The third kappa shape index (κ3) is 3.56. The summed E-state index contributed by atoms with van der Waals surface area (Å²) in [6.45, 7) is 0. The number of para-hydroxylation sites is 1. The first-order valence-electron chi connectivity index (χ1n) is 6.60. The first-order chi connectivity index (χ1) is 10.6. The molecular formula is C15H18ClN3O2S. The first kappa shape index (κ1) is 16.7. The molecule has 0 amide bonds. The predicted molar refractivity (Wildman–Crippen MR) is 91.2 cm³/mol. The molecule has 1 heterocycles. The van der Waals surface area contributed by atoms with Crippen LogP contribution in [0.2, 0.25) is 5.02 Å². The topological polar surface area (TPSA) is 70.3 Å². The average molecular weight is 340 g/mol. The number of hydrogen-bond acceptors (Lipinski definition) is 6. The van der Waals surface area contributed by atoms with Gasteiger partial charge >= 0.3 is 0 Å². The summed E-state index contributed by atoms with van der Waals surface area (Å²) < 4.78 is 10.4. The molecule has 0 aliphatic carbocycles. The standard InChI is InChI=1S/C15H18ClN3O2S/c1-20-12-7-13(21-2)19-15(18-12)10(8-22-3)9-5-4-6-11(16)14(9)17/h4-7,10H,8,17H2,1-3H3. The highest BCUT2D eigenvalue weighted by Crippen LogP contribution is 2.34. The third-order valence-corrected chi connectivity index (χ3v) is 4.22. The lowest BCUT2D eigenvalue weighted by Gasteiger charge is -2.18. The summed E-state index contributed by atoms with van der Waals surface area (Å²) in [5, 5.41) is 0.526. The number of halogens is 1. The first-order valence-corrected chi connectivity index (χ1v) is 8.37. The molecular weight excluding hydrogens is 322 g/mol. The van der Waals surface area contributed by atoms with Crippen LogP contribution in [0.4, 0.5) is 5.69 Å². The van der Waals surface area contributed by atoms with Gasteiger partial charge in [-0.05, 0) is 17.9 Å². The normalized spacial score (nSPS) is 12.0. The molecule has 0 saturated heterocycles. The Kier molecular flexibility index (Phi) is 5.74. The van der Waals surface area contributed by atoms with Crippen molar-refractivity contribution in [1.82, 2.24) is 9.97 Å². The van der Waals surface area contributed by atoms with Crippen molar-refractivity contribution in [2.75, 3.05) is 32.0 Å². The van der Waals surface area contributed by atoms with Gasteiger partial charge in [0.1, 0.15) is 5.82 Å². The van der Waals surface area contributed by atoms with E-state index in [4.69, 9.17) is 26.8 Å². The molecule has 0 fully saturated rings. The lowest BCUT2D eigenvalue weighted by atomic mass is 9.98. The van der Waals surface area contributed by atoms with Crippen molar-refractivity contribution in [1.29, 1.82) is 0 Å². The maximum absolute atomic E-state index is 6.14. The SMILES string of the molecule is COc1cc(OC)nc(C(CSC)c2cccc(Cl)c2N)n1. The quantitative estimate of drug-likeness (QED) is 0.815. The zero-order valence-electron chi connectivity index (χ0n) is 12.7. The number of hydrogen-bond donors (Lipinski definition) is 1. The van der Waals surface area contributed by atoms with Crippen molar-refractivity contribution in [3.05, 3.63) is 40.7 Å². The van der Waals surface area contributed by atoms with Crippen LogP contribution in [0.15, 0.2) is 24.3 Å². The number of anilines is 1.